The number of carbonyl (C=O) groups is 1. The van der Waals surface area contributed by atoms with Gasteiger partial charge in [0, 0.05) is 19.1 Å². The summed E-state index contributed by atoms with van der Waals surface area (Å²) in [6.07, 6.45) is 0.999. The number of nitrogens with one attached hydrogen (secondary N) is 1. The molecule has 1 heterocycles. The Morgan fingerprint density at radius 2 is 1.88 bits per heavy atom. The summed E-state index contributed by atoms with van der Waals surface area (Å²) in [4.78, 5) is 14.6. The number of aryl methyl sites for hydroxylation is 1. The van der Waals surface area contributed by atoms with Gasteiger partial charge in [-0.1, -0.05) is 66.2 Å². The molecule has 4 nitrogen and oxygen atoms in total. The lowest BCUT2D eigenvalue weighted by atomic mass is 9.87. The van der Waals surface area contributed by atoms with Crippen LogP contribution < -0.4 is 10.1 Å². The normalized spacial score (nSPS) is 15.9. The highest BCUT2D eigenvalue weighted by Crippen LogP contribution is 2.38. The minimum atomic E-state index is -0.0987. The molecule has 0 saturated carbocycles. The van der Waals surface area contributed by atoms with Gasteiger partial charge in [0.2, 0.25) is 0 Å². The summed E-state index contributed by atoms with van der Waals surface area (Å²) >= 11 is 0. The Hall–Kier alpha value is -3.11. The van der Waals surface area contributed by atoms with E-state index in [0.717, 1.165) is 25.3 Å². The molecule has 4 rings (SSSR count). The molecule has 4 heteroatoms. The second-order valence-corrected chi connectivity index (χ2v) is 8.89. The van der Waals surface area contributed by atoms with Crippen LogP contribution in [0.5, 0.6) is 5.75 Å². The fourth-order valence-corrected chi connectivity index (χ4v) is 4.49. The van der Waals surface area contributed by atoms with E-state index in [1.807, 2.05) is 19.9 Å². The first-order valence-electron chi connectivity index (χ1n) is 11.4. The first kappa shape index (κ1) is 22.1. The van der Waals surface area contributed by atoms with Crippen molar-refractivity contribution in [2.45, 2.75) is 45.8 Å². The maximum Gasteiger partial charge on any atom is 0.258 e. The molecule has 1 aliphatic rings. The summed E-state index contributed by atoms with van der Waals surface area (Å²) < 4.78 is 5.86. The first-order valence-corrected chi connectivity index (χ1v) is 11.4. The van der Waals surface area contributed by atoms with E-state index in [0.29, 0.717) is 0 Å². The van der Waals surface area contributed by atoms with E-state index in [9.17, 15) is 4.79 Å². The van der Waals surface area contributed by atoms with Crippen molar-refractivity contribution in [1.29, 1.82) is 0 Å². The number of amides is 1. The lowest BCUT2D eigenvalue weighted by Crippen LogP contribution is -2.36. The van der Waals surface area contributed by atoms with Crippen LogP contribution in [-0.4, -0.2) is 30.0 Å². The third kappa shape index (κ3) is 5.38. The molecule has 0 spiro atoms. The number of fused-ring (bicyclic) bond motifs is 1. The Morgan fingerprint density at radius 3 is 2.62 bits per heavy atom. The fraction of sp³-hybridized carbons (Fsp3) is 0.321. The molecule has 1 atom stereocenters. The Labute approximate surface area is 191 Å². The zero-order valence-electron chi connectivity index (χ0n) is 19.2. The molecule has 1 amide bonds. The van der Waals surface area contributed by atoms with E-state index in [1.54, 1.807) is 0 Å². The number of carbonyl (C=O) groups excluding carboxylic acids is 1. The smallest absolute Gasteiger partial charge is 0.258 e. The van der Waals surface area contributed by atoms with Gasteiger partial charge in [0.05, 0.1) is 6.04 Å². The van der Waals surface area contributed by atoms with Gasteiger partial charge in [0.1, 0.15) is 5.75 Å². The monoisotopic (exact) mass is 428 g/mol. The average molecular weight is 429 g/mol. The van der Waals surface area contributed by atoms with E-state index in [-0.39, 0.29) is 24.6 Å². The lowest BCUT2D eigenvalue weighted by Gasteiger charge is -2.38. The molecule has 1 N–H and O–H groups in total. The van der Waals surface area contributed by atoms with Crippen LogP contribution in [0.15, 0.2) is 72.8 Å². The van der Waals surface area contributed by atoms with Gasteiger partial charge < -0.3 is 10.1 Å². The number of rotatable bonds is 7. The van der Waals surface area contributed by atoms with Crippen LogP contribution in [0.1, 0.15) is 47.7 Å². The lowest BCUT2D eigenvalue weighted by molar-refractivity contribution is -0.123. The Bertz CT molecular complexity index is 1060. The van der Waals surface area contributed by atoms with Gasteiger partial charge in [0.15, 0.2) is 6.61 Å². The molecule has 3 aromatic carbocycles. The molecule has 0 bridgehead atoms. The third-order valence-corrected chi connectivity index (χ3v) is 5.85. The number of nitrogens with zero attached hydrogens (tertiary/aromatic N) is 1. The minimum Gasteiger partial charge on any atom is -0.484 e. The highest BCUT2D eigenvalue weighted by Gasteiger charge is 2.29. The van der Waals surface area contributed by atoms with Crippen molar-refractivity contribution < 1.29 is 9.53 Å². The summed E-state index contributed by atoms with van der Waals surface area (Å²) in [5, 5.41) is 2.88. The second-order valence-electron chi connectivity index (χ2n) is 8.89. The minimum absolute atomic E-state index is 0.0278. The van der Waals surface area contributed by atoms with Crippen molar-refractivity contribution in [3.05, 3.63) is 101 Å². The highest BCUT2D eigenvalue weighted by molar-refractivity contribution is 5.77. The van der Waals surface area contributed by atoms with Crippen LogP contribution in [0, 0.1) is 6.92 Å². The third-order valence-electron chi connectivity index (χ3n) is 5.85. The van der Waals surface area contributed by atoms with Gasteiger partial charge in [0.25, 0.3) is 5.91 Å². The van der Waals surface area contributed by atoms with Crippen LogP contribution in [0.2, 0.25) is 0 Å². The van der Waals surface area contributed by atoms with E-state index in [2.05, 4.69) is 83.9 Å². The molecule has 0 unspecified atom stereocenters. The van der Waals surface area contributed by atoms with Crippen LogP contribution in [-0.2, 0) is 17.8 Å². The number of hydrogen-bond acceptors (Lipinski definition) is 3. The van der Waals surface area contributed by atoms with Crippen molar-refractivity contribution in [1.82, 2.24) is 10.2 Å². The molecule has 166 valence electrons. The van der Waals surface area contributed by atoms with Gasteiger partial charge >= 0.3 is 0 Å². The van der Waals surface area contributed by atoms with Crippen molar-refractivity contribution in [3.63, 3.8) is 0 Å². The number of benzene rings is 3. The Kier molecular flexibility index (Phi) is 6.91. The Morgan fingerprint density at radius 1 is 1.06 bits per heavy atom. The predicted molar refractivity (Wildman–Crippen MR) is 129 cm³/mol. The van der Waals surface area contributed by atoms with Crippen LogP contribution in [0.3, 0.4) is 0 Å². The van der Waals surface area contributed by atoms with Gasteiger partial charge in [-0.15, -0.1) is 0 Å². The molecular formula is C28H32N2O2. The second kappa shape index (κ2) is 10.0. The summed E-state index contributed by atoms with van der Waals surface area (Å²) in [6.45, 7) is 7.96. The zero-order chi connectivity index (χ0) is 22.5. The maximum absolute atomic E-state index is 12.0. The number of ether oxygens (including phenoxy) is 1. The Balaban J connectivity index is 1.62. The first-order chi connectivity index (χ1) is 15.5. The topological polar surface area (TPSA) is 41.6 Å². The zero-order valence-corrected chi connectivity index (χ0v) is 19.2. The van der Waals surface area contributed by atoms with Crippen LogP contribution in [0.4, 0.5) is 0 Å². The molecule has 1 aliphatic heterocycles. The van der Waals surface area contributed by atoms with Crippen molar-refractivity contribution in [2.75, 3.05) is 13.2 Å². The quantitative estimate of drug-likeness (QED) is 0.573. The molecule has 0 aromatic heterocycles. The molecule has 32 heavy (non-hydrogen) atoms. The van der Waals surface area contributed by atoms with Crippen LogP contribution in [0.25, 0.3) is 0 Å². The molecule has 3 aromatic rings. The van der Waals surface area contributed by atoms with Gasteiger partial charge in [-0.2, -0.15) is 0 Å². The van der Waals surface area contributed by atoms with Crippen molar-refractivity contribution >= 4 is 5.91 Å². The molecule has 0 aliphatic carbocycles. The summed E-state index contributed by atoms with van der Waals surface area (Å²) in [5.74, 6) is 0.638. The van der Waals surface area contributed by atoms with E-state index < -0.39 is 0 Å². The van der Waals surface area contributed by atoms with E-state index >= 15 is 0 Å². The van der Waals surface area contributed by atoms with E-state index in [1.165, 1.54) is 27.8 Å². The average Bonchev–Trinajstić information content (AvgIpc) is 2.77. The molecule has 0 fully saturated rings. The predicted octanol–water partition coefficient (Wildman–Crippen LogP) is 5.05. The summed E-state index contributed by atoms with van der Waals surface area (Å²) in [6, 6.07) is 25.9. The summed E-state index contributed by atoms with van der Waals surface area (Å²) in [7, 11) is 0. The molecule has 0 saturated heterocycles. The number of hydrogen-bond donors (Lipinski definition) is 1. The fourth-order valence-electron chi connectivity index (χ4n) is 4.49. The largest absolute Gasteiger partial charge is 0.484 e. The van der Waals surface area contributed by atoms with Gasteiger partial charge in [-0.3, -0.25) is 9.69 Å². The van der Waals surface area contributed by atoms with E-state index in [4.69, 9.17) is 4.74 Å². The van der Waals surface area contributed by atoms with Gasteiger partial charge in [-0.05, 0) is 61.6 Å². The van der Waals surface area contributed by atoms with Crippen molar-refractivity contribution in [2.24, 2.45) is 0 Å². The van der Waals surface area contributed by atoms with Gasteiger partial charge in [-0.25, -0.2) is 0 Å². The summed E-state index contributed by atoms with van der Waals surface area (Å²) in [5.41, 5.74) is 6.49. The highest BCUT2D eigenvalue weighted by atomic mass is 16.5. The van der Waals surface area contributed by atoms with Crippen LogP contribution >= 0.6 is 0 Å². The SMILES string of the molecule is Cc1cccc(CN2CCc3ccc(OCC(=O)NC(C)C)cc3[C@H]2c2ccccc2)c1. The molecule has 0 radical (unpaired) electrons. The maximum atomic E-state index is 12.0. The molecular weight excluding hydrogens is 396 g/mol. The standard InChI is InChI=1S/C28H32N2O2/c1-20(2)29-27(31)19-32-25-13-12-23-14-15-30(18-22-9-7-8-21(3)16-22)28(26(23)17-25)24-10-5-4-6-11-24/h4-13,16-17,20,28H,14-15,18-19H2,1-3H3,(H,29,31)/t28-/m1/s1. The van der Waals surface area contributed by atoms with Crippen molar-refractivity contribution in [3.8, 4) is 5.75 Å².